The van der Waals surface area contributed by atoms with Gasteiger partial charge < -0.3 is 5.11 Å². The van der Waals surface area contributed by atoms with Crippen LogP contribution in [0.3, 0.4) is 0 Å². The van der Waals surface area contributed by atoms with Crippen LogP contribution in [0.25, 0.3) is 0 Å². The van der Waals surface area contributed by atoms with Crippen LogP contribution < -0.4 is 0 Å². The summed E-state index contributed by atoms with van der Waals surface area (Å²) in [6.45, 7) is 2.19. The predicted molar refractivity (Wildman–Crippen MR) is 61.5 cm³/mol. The van der Waals surface area contributed by atoms with Crippen LogP contribution in [-0.4, -0.2) is 16.1 Å². The highest BCUT2D eigenvalue weighted by Crippen LogP contribution is 2.13. The van der Waals surface area contributed by atoms with Gasteiger partial charge in [-0.1, -0.05) is 32.6 Å². The Hall–Kier alpha value is -0.900. The number of nitrogens with zero attached hydrogens (tertiary/aromatic N) is 1. The number of carboxylic acids is 1. The van der Waals surface area contributed by atoms with Crippen LogP contribution >= 0.6 is 11.3 Å². The summed E-state index contributed by atoms with van der Waals surface area (Å²) < 4.78 is 0. The Morgan fingerprint density at radius 1 is 1.40 bits per heavy atom. The molecule has 84 valence electrons. The lowest BCUT2D eigenvalue weighted by Gasteiger charge is -1.97. The molecule has 0 amide bonds. The van der Waals surface area contributed by atoms with Crippen LogP contribution in [0.1, 0.15) is 54.5 Å². The van der Waals surface area contributed by atoms with Crippen LogP contribution in [0.2, 0.25) is 0 Å². The van der Waals surface area contributed by atoms with E-state index in [9.17, 15) is 4.79 Å². The first kappa shape index (κ1) is 12.2. The maximum absolute atomic E-state index is 10.6. The van der Waals surface area contributed by atoms with Crippen LogP contribution in [-0.2, 0) is 6.42 Å². The SMILES string of the molecule is CCCCCCCc1csc(C(=O)O)n1. The van der Waals surface area contributed by atoms with E-state index in [1.54, 1.807) is 0 Å². The normalized spacial score (nSPS) is 10.5. The van der Waals surface area contributed by atoms with Gasteiger partial charge in [-0.3, -0.25) is 0 Å². The van der Waals surface area contributed by atoms with Gasteiger partial charge in [0, 0.05) is 5.38 Å². The molecule has 0 unspecified atom stereocenters. The standard InChI is InChI=1S/C11H17NO2S/c1-2-3-4-5-6-7-9-8-15-10(12-9)11(13)14/h8H,2-7H2,1H3,(H,13,14). The van der Waals surface area contributed by atoms with E-state index in [-0.39, 0.29) is 5.01 Å². The second-order valence-electron chi connectivity index (χ2n) is 3.61. The van der Waals surface area contributed by atoms with E-state index in [4.69, 9.17) is 5.11 Å². The minimum atomic E-state index is -0.919. The van der Waals surface area contributed by atoms with Gasteiger partial charge in [0.25, 0.3) is 0 Å². The van der Waals surface area contributed by atoms with Crippen molar-refractivity contribution in [1.82, 2.24) is 4.98 Å². The molecule has 0 fully saturated rings. The topological polar surface area (TPSA) is 50.2 Å². The molecule has 0 saturated carbocycles. The number of carbonyl (C=O) groups is 1. The molecule has 0 aliphatic heterocycles. The molecule has 15 heavy (non-hydrogen) atoms. The first-order chi connectivity index (χ1) is 7.24. The van der Waals surface area contributed by atoms with E-state index in [1.807, 2.05) is 5.38 Å². The van der Waals surface area contributed by atoms with Gasteiger partial charge in [-0.15, -0.1) is 11.3 Å². The molecule has 4 heteroatoms. The van der Waals surface area contributed by atoms with Gasteiger partial charge in [-0.25, -0.2) is 9.78 Å². The first-order valence-electron chi connectivity index (χ1n) is 5.41. The fourth-order valence-electron chi connectivity index (χ4n) is 1.43. The summed E-state index contributed by atoms with van der Waals surface area (Å²) in [6, 6.07) is 0. The number of aromatic nitrogens is 1. The van der Waals surface area contributed by atoms with E-state index >= 15 is 0 Å². The third-order valence-corrected chi connectivity index (χ3v) is 3.15. The van der Waals surface area contributed by atoms with Crippen molar-refractivity contribution in [2.75, 3.05) is 0 Å². The Bertz CT molecular complexity index is 309. The lowest BCUT2D eigenvalue weighted by Crippen LogP contribution is -1.95. The van der Waals surface area contributed by atoms with Crippen LogP contribution in [0, 0.1) is 0 Å². The number of aromatic carboxylic acids is 1. The molecule has 0 radical (unpaired) electrons. The third kappa shape index (κ3) is 4.42. The quantitative estimate of drug-likeness (QED) is 0.727. The van der Waals surface area contributed by atoms with Gasteiger partial charge in [0.15, 0.2) is 0 Å². The fraction of sp³-hybridized carbons (Fsp3) is 0.636. The van der Waals surface area contributed by atoms with Crippen LogP contribution in [0.4, 0.5) is 0 Å². The third-order valence-electron chi connectivity index (χ3n) is 2.27. The highest BCUT2D eigenvalue weighted by Gasteiger charge is 2.07. The number of hydrogen-bond donors (Lipinski definition) is 1. The van der Waals surface area contributed by atoms with Crippen molar-refractivity contribution in [3.8, 4) is 0 Å². The summed E-state index contributed by atoms with van der Waals surface area (Å²) in [5.41, 5.74) is 0.925. The zero-order valence-electron chi connectivity index (χ0n) is 9.03. The van der Waals surface area contributed by atoms with Crippen molar-refractivity contribution in [1.29, 1.82) is 0 Å². The van der Waals surface area contributed by atoms with Crippen molar-refractivity contribution in [3.05, 3.63) is 16.1 Å². The summed E-state index contributed by atoms with van der Waals surface area (Å²) >= 11 is 1.22. The van der Waals surface area contributed by atoms with Crippen LogP contribution in [0.15, 0.2) is 5.38 Å². The molecule has 0 atom stereocenters. The van der Waals surface area contributed by atoms with E-state index in [1.165, 1.54) is 37.0 Å². The van der Waals surface area contributed by atoms with Gasteiger partial charge in [0.1, 0.15) is 0 Å². The largest absolute Gasteiger partial charge is 0.476 e. The monoisotopic (exact) mass is 227 g/mol. The maximum Gasteiger partial charge on any atom is 0.365 e. The zero-order chi connectivity index (χ0) is 11.1. The van der Waals surface area contributed by atoms with Gasteiger partial charge in [0.05, 0.1) is 5.69 Å². The molecule has 1 rings (SSSR count). The Kier molecular flexibility index (Phi) is 5.32. The maximum atomic E-state index is 10.6. The molecule has 1 N–H and O–H groups in total. The predicted octanol–water partition coefficient (Wildman–Crippen LogP) is 3.35. The highest BCUT2D eigenvalue weighted by molar-refractivity contribution is 7.11. The second-order valence-corrected chi connectivity index (χ2v) is 4.47. The van der Waals surface area contributed by atoms with Crippen molar-refractivity contribution in [2.24, 2.45) is 0 Å². The molecule has 0 aliphatic carbocycles. The summed E-state index contributed by atoms with van der Waals surface area (Å²) in [7, 11) is 0. The number of rotatable bonds is 7. The van der Waals surface area contributed by atoms with Crippen molar-refractivity contribution in [2.45, 2.75) is 45.4 Å². The number of aryl methyl sites for hydroxylation is 1. The Labute approximate surface area is 94.2 Å². The van der Waals surface area contributed by atoms with Crippen molar-refractivity contribution >= 4 is 17.3 Å². The average Bonchev–Trinajstić information content (AvgIpc) is 2.66. The van der Waals surface area contributed by atoms with E-state index in [0.29, 0.717) is 0 Å². The van der Waals surface area contributed by atoms with Gasteiger partial charge in [-0.2, -0.15) is 0 Å². The number of unbranched alkanes of at least 4 members (excludes halogenated alkanes) is 4. The van der Waals surface area contributed by atoms with Crippen molar-refractivity contribution in [3.63, 3.8) is 0 Å². The summed E-state index contributed by atoms with van der Waals surface area (Å²) in [6.07, 6.45) is 7.05. The van der Waals surface area contributed by atoms with E-state index in [0.717, 1.165) is 18.5 Å². The lowest BCUT2D eigenvalue weighted by molar-refractivity contribution is 0.0696. The van der Waals surface area contributed by atoms with Gasteiger partial charge in [-0.05, 0) is 12.8 Å². The molecule has 1 aromatic heterocycles. The average molecular weight is 227 g/mol. The zero-order valence-corrected chi connectivity index (χ0v) is 9.85. The minimum absolute atomic E-state index is 0.207. The summed E-state index contributed by atoms with van der Waals surface area (Å²) in [4.78, 5) is 14.6. The van der Waals surface area contributed by atoms with Crippen LogP contribution in [0.5, 0.6) is 0 Å². The second kappa shape index (κ2) is 6.56. The molecule has 0 aliphatic rings. The Balaban J connectivity index is 2.23. The number of thiazole rings is 1. The fourth-order valence-corrected chi connectivity index (χ4v) is 2.12. The molecule has 0 aromatic carbocycles. The highest BCUT2D eigenvalue weighted by atomic mass is 32.1. The molecule has 0 bridgehead atoms. The molecular formula is C11H17NO2S. The van der Waals surface area contributed by atoms with E-state index in [2.05, 4.69) is 11.9 Å². The molecule has 1 aromatic rings. The van der Waals surface area contributed by atoms with Crippen molar-refractivity contribution < 1.29 is 9.90 Å². The molecule has 0 spiro atoms. The smallest absolute Gasteiger partial charge is 0.365 e. The Morgan fingerprint density at radius 2 is 2.13 bits per heavy atom. The molecule has 1 heterocycles. The minimum Gasteiger partial charge on any atom is -0.476 e. The summed E-state index contributed by atoms with van der Waals surface area (Å²) in [5, 5.41) is 10.7. The Morgan fingerprint density at radius 3 is 2.73 bits per heavy atom. The number of hydrogen-bond acceptors (Lipinski definition) is 3. The van der Waals surface area contributed by atoms with Gasteiger partial charge in [0.2, 0.25) is 5.01 Å². The lowest BCUT2D eigenvalue weighted by atomic mass is 10.1. The molecule has 0 saturated heterocycles. The number of carboxylic acid groups (broad SMARTS) is 1. The molecular weight excluding hydrogens is 210 g/mol. The summed E-state index contributed by atoms with van der Waals surface area (Å²) in [5.74, 6) is -0.919. The first-order valence-corrected chi connectivity index (χ1v) is 6.29. The van der Waals surface area contributed by atoms with Gasteiger partial charge >= 0.3 is 5.97 Å². The van der Waals surface area contributed by atoms with E-state index < -0.39 is 5.97 Å². The molecule has 3 nitrogen and oxygen atoms in total.